The van der Waals surface area contributed by atoms with Gasteiger partial charge in [0, 0.05) is 30.2 Å². The van der Waals surface area contributed by atoms with Gasteiger partial charge in [0.05, 0.1) is 29.0 Å². The van der Waals surface area contributed by atoms with Crippen molar-refractivity contribution in [3.05, 3.63) is 35.2 Å². The molecular weight excluding hydrogens is 394 g/mol. The van der Waals surface area contributed by atoms with Crippen LogP contribution in [0.15, 0.2) is 35.2 Å². The van der Waals surface area contributed by atoms with Crippen LogP contribution in [0.3, 0.4) is 0 Å². The second-order valence-electron chi connectivity index (χ2n) is 7.87. The number of hydrogen-bond acceptors (Lipinski definition) is 7. The third-order valence-corrected chi connectivity index (χ3v) is 6.89. The molecule has 4 rings (SSSR count). The number of nitrogens with one attached hydrogen (secondary N) is 1. The van der Waals surface area contributed by atoms with Gasteiger partial charge in [0.15, 0.2) is 5.11 Å². The van der Waals surface area contributed by atoms with E-state index in [1.165, 1.54) is 0 Å². The van der Waals surface area contributed by atoms with E-state index in [9.17, 15) is 14.4 Å². The molecule has 4 aliphatic rings. The lowest BCUT2D eigenvalue weighted by atomic mass is 9.78. The van der Waals surface area contributed by atoms with Crippen LogP contribution in [0.1, 0.15) is 13.8 Å². The molecule has 0 aromatic rings. The summed E-state index contributed by atoms with van der Waals surface area (Å²) in [6.07, 6.45) is 0.780. The standard InChI is InChI=1S/C19H23N5O4S/c1-4-5-22-18(29)24-10-6-23-13-11(15(26)12(20)8(2)14(13)25)9(7-28-17(21)27)19(23,3)16(10)24/h4,9-10,16H,1,5-7,20H2,2-3H3,(H2,21,27)(H,22,29)/t9-,10+,16+,19+,24?/m1/s1. The summed E-state index contributed by atoms with van der Waals surface area (Å²) in [5.41, 5.74) is 11.3. The minimum absolute atomic E-state index is 0.0403. The summed E-state index contributed by atoms with van der Waals surface area (Å²) in [6.45, 7) is 8.16. The first-order valence-electron chi connectivity index (χ1n) is 9.33. The molecule has 154 valence electrons. The van der Waals surface area contributed by atoms with Crippen molar-refractivity contribution >= 4 is 35.0 Å². The number of fused-ring (bicyclic) bond motifs is 4. The van der Waals surface area contributed by atoms with Crippen molar-refractivity contribution in [3.63, 3.8) is 0 Å². The fourth-order valence-electron chi connectivity index (χ4n) is 5.08. The second-order valence-corrected chi connectivity index (χ2v) is 8.26. The van der Waals surface area contributed by atoms with E-state index < -0.39 is 17.6 Å². The first-order valence-corrected chi connectivity index (χ1v) is 9.73. The van der Waals surface area contributed by atoms with Crippen LogP contribution in [0, 0.1) is 5.92 Å². The Hall–Kier alpha value is -2.88. The molecule has 0 aromatic heterocycles. The topological polar surface area (TPSA) is 131 Å². The number of carbonyl (C=O) groups is 3. The van der Waals surface area contributed by atoms with Crippen molar-refractivity contribution in [3.8, 4) is 0 Å². The average Bonchev–Trinajstić information content (AvgIpc) is 3.24. The maximum absolute atomic E-state index is 13.0. The van der Waals surface area contributed by atoms with Gasteiger partial charge in [-0.2, -0.15) is 0 Å². The van der Waals surface area contributed by atoms with Crippen molar-refractivity contribution < 1.29 is 19.1 Å². The summed E-state index contributed by atoms with van der Waals surface area (Å²) >= 11 is 5.49. The Labute approximate surface area is 173 Å². The Kier molecular flexibility index (Phi) is 4.23. The van der Waals surface area contributed by atoms with Crippen LogP contribution in [0.5, 0.6) is 0 Å². The smallest absolute Gasteiger partial charge is 0.404 e. The van der Waals surface area contributed by atoms with Gasteiger partial charge in [0.2, 0.25) is 11.6 Å². The third-order valence-electron chi connectivity index (χ3n) is 6.53. The molecule has 3 heterocycles. The summed E-state index contributed by atoms with van der Waals surface area (Å²) in [7, 11) is 0. The molecule has 0 bridgehead atoms. The quantitative estimate of drug-likeness (QED) is 0.241. The number of amides is 1. The summed E-state index contributed by atoms with van der Waals surface area (Å²) in [4.78, 5) is 41.4. The van der Waals surface area contributed by atoms with Gasteiger partial charge >= 0.3 is 6.09 Å². The van der Waals surface area contributed by atoms with E-state index in [0.29, 0.717) is 29.5 Å². The fraction of sp³-hybridized carbons (Fsp3) is 0.474. The van der Waals surface area contributed by atoms with Gasteiger partial charge in [-0.05, 0) is 26.1 Å². The number of nitrogens with two attached hydrogens (primary N) is 2. The molecule has 0 spiro atoms. The summed E-state index contributed by atoms with van der Waals surface area (Å²) < 4.78 is 5.10. The SMILES string of the molecule is C=CCNC(=S)N1[C@H]2[C@@H]1CN1C3=C(C(=O)C(N)=C(C)C3=O)[C@@H](COC(N)=O)[C@@]21C. The van der Waals surface area contributed by atoms with Gasteiger partial charge < -0.3 is 31.3 Å². The number of ether oxygens (including phenoxy) is 1. The molecule has 5 N–H and O–H groups in total. The van der Waals surface area contributed by atoms with Crippen molar-refractivity contribution in [2.24, 2.45) is 17.4 Å². The zero-order valence-electron chi connectivity index (χ0n) is 16.2. The number of ketones is 2. The molecule has 10 heteroatoms. The predicted molar refractivity (Wildman–Crippen MR) is 108 cm³/mol. The minimum atomic E-state index is -0.936. The fourth-order valence-corrected chi connectivity index (χ4v) is 5.41. The molecule has 2 fully saturated rings. The number of Topliss-reactive ketones (excluding diaryl/α,β-unsaturated/α-hetero) is 2. The molecule has 2 saturated heterocycles. The molecule has 3 aliphatic heterocycles. The average molecular weight is 417 g/mol. The molecule has 1 aliphatic carbocycles. The number of nitrogens with zero attached hydrogens (tertiary/aromatic N) is 2. The van der Waals surface area contributed by atoms with Gasteiger partial charge in [-0.25, -0.2) is 4.79 Å². The highest BCUT2D eigenvalue weighted by molar-refractivity contribution is 7.80. The van der Waals surface area contributed by atoms with Crippen LogP contribution in [0.4, 0.5) is 4.79 Å². The van der Waals surface area contributed by atoms with Crippen LogP contribution in [0.25, 0.3) is 0 Å². The van der Waals surface area contributed by atoms with E-state index in [4.69, 9.17) is 28.4 Å². The largest absolute Gasteiger partial charge is 0.449 e. The number of hydrogen-bond donors (Lipinski definition) is 3. The molecule has 4 atom stereocenters. The lowest BCUT2D eigenvalue weighted by molar-refractivity contribution is -0.117. The maximum atomic E-state index is 13.0. The monoisotopic (exact) mass is 417 g/mol. The van der Waals surface area contributed by atoms with E-state index >= 15 is 0 Å². The lowest BCUT2D eigenvalue weighted by Gasteiger charge is -2.39. The Morgan fingerprint density at radius 3 is 2.76 bits per heavy atom. The van der Waals surface area contributed by atoms with E-state index in [-0.39, 0.29) is 41.5 Å². The first-order chi connectivity index (χ1) is 13.7. The van der Waals surface area contributed by atoms with E-state index in [0.717, 1.165) is 0 Å². The minimum Gasteiger partial charge on any atom is -0.449 e. The van der Waals surface area contributed by atoms with E-state index in [1.54, 1.807) is 13.0 Å². The van der Waals surface area contributed by atoms with Gasteiger partial charge in [-0.1, -0.05) is 6.08 Å². The summed E-state index contributed by atoms with van der Waals surface area (Å²) in [6, 6.07) is 0.0583. The van der Waals surface area contributed by atoms with Gasteiger partial charge in [-0.3, -0.25) is 9.59 Å². The van der Waals surface area contributed by atoms with Gasteiger partial charge in [0.1, 0.15) is 6.61 Å². The summed E-state index contributed by atoms with van der Waals surface area (Å²) in [5, 5.41) is 3.71. The van der Waals surface area contributed by atoms with Crippen molar-refractivity contribution in [1.29, 1.82) is 0 Å². The van der Waals surface area contributed by atoms with Crippen LogP contribution >= 0.6 is 12.2 Å². The molecule has 0 unspecified atom stereocenters. The van der Waals surface area contributed by atoms with Gasteiger partial charge in [-0.15, -0.1) is 6.58 Å². The zero-order valence-corrected chi connectivity index (χ0v) is 17.0. The number of piperazine rings is 1. The van der Waals surface area contributed by atoms with Crippen LogP contribution in [-0.2, 0) is 14.3 Å². The number of thiocarbonyl (C=S) groups is 1. The van der Waals surface area contributed by atoms with E-state index in [1.807, 2.05) is 11.8 Å². The number of primary amides is 1. The Bertz CT molecular complexity index is 941. The molecule has 0 radical (unpaired) electrons. The van der Waals surface area contributed by atoms with Crippen LogP contribution < -0.4 is 16.8 Å². The van der Waals surface area contributed by atoms with Crippen molar-refractivity contribution in [2.45, 2.75) is 31.5 Å². The maximum Gasteiger partial charge on any atom is 0.404 e. The second kappa shape index (κ2) is 6.31. The highest BCUT2D eigenvalue weighted by atomic mass is 32.1. The molecule has 0 saturated carbocycles. The summed E-state index contributed by atoms with van der Waals surface area (Å²) in [5.74, 6) is -1.19. The zero-order chi connectivity index (χ0) is 21.2. The van der Waals surface area contributed by atoms with E-state index in [2.05, 4.69) is 16.8 Å². The highest BCUT2D eigenvalue weighted by Gasteiger charge is 2.74. The Balaban J connectivity index is 1.72. The Morgan fingerprint density at radius 2 is 2.14 bits per heavy atom. The van der Waals surface area contributed by atoms with Gasteiger partial charge in [0.25, 0.3) is 0 Å². The number of carbonyl (C=O) groups excluding carboxylic acids is 3. The first kappa shape index (κ1) is 19.4. The molecule has 0 aromatic carbocycles. The molecular formula is C19H23N5O4S. The van der Waals surface area contributed by atoms with Crippen molar-refractivity contribution in [2.75, 3.05) is 19.7 Å². The normalized spacial score (nSPS) is 32.1. The Morgan fingerprint density at radius 1 is 1.45 bits per heavy atom. The molecule has 1 amide bonds. The van der Waals surface area contributed by atoms with Crippen LogP contribution in [0.2, 0.25) is 0 Å². The lowest BCUT2D eigenvalue weighted by Crippen LogP contribution is -2.53. The molecule has 29 heavy (non-hydrogen) atoms. The predicted octanol–water partition coefficient (Wildman–Crippen LogP) is -0.462. The number of allylic oxidation sites excluding steroid dienone is 2. The number of rotatable bonds is 4. The molecule has 9 nitrogen and oxygen atoms in total. The van der Waals surface area contributed by atoms with Crippen molar-refractivity contribution in [1.82, 2.24) is 15.1 Å². The highest BCUT2D eigenvalue weighted by Crippen LogP contribution is 2.59. The third kappa shape index (κ3) is 2.44. The van der Waals surface area contributed by atoms with Crippen LogP contribution in [-0.4, -0.2) is 69.9 Å².